The predicted molar refractivity (Wildman–Crippen MR) is 72.8 cm³/mol. The molecule has 0 saturated heterocycles. The first kappa shape index (κ1) is 16.4. The lowest BCUT2D eigenvalue weighted by Gasteiger charge is -2.25. The summed E-state index contributed by atoms with van der Waals surface area (Å²) in [5, 5.41) is 3.05. The Bertz CT molecular complexity index is 205. The minimum absolute atomic E-state index is 0.0286. The molecule has 0 aliphatic carbocycles. The Kier molecular flexibility index (Phi) is 9.09. The molecule has 2 unspecified atom stereocenters. The summed E-state index contributed by atoms with van der Waals surface area (Å²) in [6.07, 6.45) is 1.88. The molecule has 0 spiro atoms. The Morgan fingerprint density at radius 1 is 1.29 bits per heavy atom. The van der Waals surface area contributed by atoms with E-state index in [2.05, 4.69) is 37.9 Å². The summed E-state index contributed by atoms with van der Waals surface area (Å²) in [5.74, 6) is 0.0770. The van der Waals surface area contributed by atoms with Gasteiger partial charge in [0.1, 0.15) is 0 Å². The normalized spacial score (nSPS) is 14.7. The third-order valence-electron chi connectivity index (χ3n) is 3.11. The Hall–Kier alpha value is -0.610. The number of rotatable bonds is 9. The predicted octanol–water partition coefficient (Wildman–Crippen LogP) is 1.21. The van der Waals surface area contributed by atoms with Gasteiger partial charge in [-0.25, -0.2) is 0 Å². The quantitative estimate of drug-likeness (QED) is 0.640. The molecule has 0 aliphatic rings. The lowest BCUT2D eigenvalue weighted by Crippen LogP contribution is -2.45. The number of nitrogens with zero attached hydrogens (tertiary/aromatic N) is 1. The van der Waals surface area contributed by atoms with E-state index in [4.69, 9.17) is 5.73 Å². The van der Waals surface area contributed by atoms with Crippen molar-refractivity contribution in [3.63, 3.8) is 0 Å². The van der Waals surface area contributed by atoms with E-state index in [0.717, 1.165) is 32.5 Å². The van der Waals surface area contributed by atoms with Gasteiger partial charge in [-0.3, -0.25) is 4.79 Å². The summed E-state index contributed by atoms with van der Waals surface area (Å²) in [4.78, 5) is 14.2. The minimum Gasteiger partial charge on any atom is -0.352 e. The van der Waals surface area contributed by atoms with Crippen molar-refractivity contribution in [1.82, 2.24) is 10.2 Å². The summed E-state index contributed by atoms with van der Waals surface area (Å²) < 4.78 is 0. The molecule has 1 amide bonds. The average Bonchev–Trinajstić information content (AvgIpc) is 2.32. The number of nitrogens with one attached hydrogen (secondary N) is 1. The smallest absolute Gasteiger partial charge is 0.224 e. The van der Waals surface area contributed by atoms with Gasteiger partial charge in [0.05, 0.1) is 5.92 Å². The molecular weight excluding hydrogens is 214 g/mol. The van der Waals surface area contributed by atoms with Crippen molar-refractivity contribution in [3.8, 4) is 0 Å². The molecule has 0 aliphatic heterocycles. The lowest BCUT2D eigenvalue weighted by molar-refractivity contribution is -0.125. The zero-order valence-corrected chi connectivity index (χ0v) is 11.8. The van der Waals surface area contributed by atoms with E-state index < -0.39 is 0 Å². The molecule has 4 heteroatoms. The van der Waals surface area contributed by atoms with Gasteiger partial charge in [0.15, 0.2) is 0 Å². The summed E-state index contributed by atoms with van der Waals surface area (Å²) in [7, 11) is 0. The number of amides is 1. The van der Waals surface area contributed by atoms with Crippen molar-refractivity contribution in [2.24, 2.45) is 11.7 Å². The van der Waals surface area contributed by atoms with Crippen LogP contribution in [-0.4, -0.2) is 43.0 Å². The van der Waals surface area contributed by atoms with Crippen LogP contribution in [0.15, 0.2) is 0 Å². The molecule has 0 aromatic rings. The van der Waals surface area contributed by atoms with Crippen LogP contribution in [0.25, 0.3) is 0 Å². The van der Waals surface area contributed by atoms with E-state index in [9.17, 15) is 4.79 Å². The Morgan fingerprint density at radius 3 is 2.29 bits per heavy atom. The van der Waals surface area contributed by atoms with Crippen LogP contribution < -0.4 is 11.1 Å². The van der Waals surface area contributed by atoms with E-state index in [1.54, 1.807) is 0 Å². The maximum atomic E-state index is 11.9. The van der Waals surface area contributed by atoms with Crippen LogP contribution in [0, 0.1) is 5.92 Å². The molecule has 0 radical (unpaired) electrons. The number of hydrogen-bond donors (Lipinski definition) is 2. The van der Waals surface area contributed by atoms with Gasteiger partial charge in [-0.1, -0.05) is 27.2 Å². The van der Waals surface area contributed by atoms with Gasteiger partial charge in [0.2, 0.25) is 5.91 Å². The second-order valence-electron chi connectivity index (χ2n) is 4.62. The molecule has 0 saturated carbocycles. The Balaban J connectivity index is 4.08. The average molecular weight is 243 g/mol. The fraction of sp³-hybridized carbons (Fsp3) is 0.923. The van der Waals surface area contributed by atoms with Gasteiger partial charge in [-0.2, -0.15) is 0 Å². The summed E-state index contributed by atoms with van der Waals surface area (Å²) >= 11 is 0. The van der Waals surface area contributed by atoms with Crippen molar-refractivity contribution < 1.29 is 4.79 Å². The first-order valence-corrected chi connectivity index (χ1v) is 6.81. The van der Waals surface area contributed by atoms with E-state index in [0.29, 0.717) is 6.54 Å². The molecule has 2 atom stereocenters. The molecule has 0 aromatic heterocycles. The Morgan fingerprint density at radius 2 is 1.88 bits per heavy atom. The lowest BCUT2D eigenvalue weighted by atomic mass is 10.0. The fourth-order valence-corrected chi connectivity index (χ4v) is 1.98. The molecule has 0 bridgehead atoms. The molecule has 4 nitrogen and oxygen atoms in total. The van der Waals surface area contributed by atoms with Crippen molar-refractivity contribution >= 4 is 5.91 Å². The topological polar surface area (TPSA) is 58.4 Å². The van der Waals surface area contributed by atoms with Crippen LogP contribution in [0.3, 0.4) is 0 Å². The van der Waals surface area contributed by atoms with Crippen molar-refractivity contribution in [3.05, 3.63) is 0 Å². The van der Waals surface area contributed by atoms with Crippen molar-refractivity contribution in [2.45, 2.75) is 46.6 Å². The zero-order chi connectivity index (χ0) is 13.3. The van der Waals surface area contributed by atoms with E-state index in [1.165, 1.54) is 0 Å². The van der Waals surface area contributed by atoms with Gasteiger partial charge in [-0.15, -0.1) is 0 Å². The number of carbonyl (C=O) groups excluding carboxylic acids is 1. The van der Waals surface area contributed by atoms with Gasteiger partial charge in [0, 0.05) is 19.1 Å². The van der Waals surface area contributed by atoms with Gasteiger partial charge in [0.25, 0.3) is 0 Å². The number of likely N-dealkylation sites (N-methyl/N-ethyl adjacent to an activating group) is 1. The highest BCUT2D eigenvalue weighted by Gasteiger charge is 2.18. The highest BCUT2D eigenvalue weighted by molar-refractivity contribution is 5.79. The first-order chi connectivity index (χ1) is 8.08. The number of carbonyl (C=O) groups is 1. The monoisotopic (exact) mass is 243 g/mol. The maximum Gasteiger partial charge on any atom is 0.224 e. The summed E-state index contributed by atoms with van der Waals surface area (Å²) in [6.45, 7) is 11.8. The summed E-state index contributed by atoms with van der Waals surface area (Å²) in [6, 6.07) is 0.188. The summed E-state index contributed by atoms with van der Waals surface area (Å²) in [5.41, 5.74) is 5.62. The van der Waals surface area contributed by atoms with Crippen molar-refractivity contribution in [1.29, 1.82) is 0 Å². The molecule has 0 heterocycles. The molecule has 0 fully saturated rings. The molecule has 102 valence electrons. The minimum atomic E-state index is -0.0286. The zero-order valence-electron chi connectivity index (χ0n) is 11.8. The van der Waals surface area contributed by atoms with Gasteiger partial charge in [-0.05, 0) is 26.4 Å². The largest absolute Gasteiger partial charge is 0.352 e. The standard InChI is InChI=1S/C13H29N3O/c1-5-8-12(9-14)13(17)15-11(4)10-16(6-2)7-3/h11-12H,5-10,14H2,1-4H3,(H,15,17). The third-order valence-corrected chi connectivity index (χ3v) is 3.11. The highest BCUT2D eigenvalue weighted by Crippen LogP contribution is 2.05. The Labute approximate surface area is 106 Å². The molecule has 17 heavy (non-hydrogen) atoms. The van der Waals surface area contributed by atoms with Gasteiger partial charge >= 0.3 is 0 Å². The second kappa shape index (κ2) is 9.42. The first-order valence-electron chi connectivity index (χ1n) is 6.81. The van der Waals surface area contributed by atoms with Crippen molar-refractivity contribution in [2.75, 3.05) is 26.2 Å². The third kappa shape index (κ3) is 6.64. The number of nitrogens with two attached hydrogens (primary N) is 1. The van der Waals surface area contributed by atoms with E-state index in [-0.39, 0.29) is 17.9 Å². The van der Waals surface area contributed by atoms with Crippen LogP contribution in [0.2, 0.25) is 0 Å². The van der Waals surface area contributed by atoms with E-state index >= 15 is 0 Å². The molecule has 0 rings (SSSR count). The van der Waals surface area contributed by atoms with Crippen LogP contribution in [-0.2, 0) is 4.79 Å². The van der Waals surface area contributed by atoms with E-state index in [1.807, 2.05) is 0 Å². The molecule has 0 aromatic carbocycles. The fourth-order valence-electron chi connectivity index (χ4n) is 1.98. The second-order valence-corrected chi connectivity index (χ2v) is 4.62. The van der Waals surface area contributed by atoms with Crippen LogP contribution in [0.5, 0.6) is 0 Å². The highest BCUT2D eigenvalue weighted by atomic mass is 16.1. The van der Waals surface area contributed by atoms with Gasteiger partial charge < -0.3 is 16.0 Å². The van der Waals surface area contributed by atoms with Crippen LogP contribution >= 0.6 is 0 Å². The van der Waals surface area contributed by atoms with Crippen LogP contribution in [0.1, 0.15) is 40.5 Å². The molecular formula is C13H29N3O. The van der Waals surface area contributed by atoms with Crippen LogP contribution in [0.4, 0.5) is 0 Å². The molecule has 3 N–H and O–H groups in total. The number of hydrogen-bond acceptors (Lipinski definition) is 3. The SMILES string of the molecule is CCCC(CN)C(=O)NC(C)CN(CC)CC. The maximum absolute atomic E-state index is 11.9.